The van der Waals surface area contributed by atoms with Gasteiger partial charge in [0.1, 0.15) is 0 Å². The summed E-state index contributed by atoms with van der Waals surface area (Å²) in [4.78, 5) is 4.34. The smallest absolute Gasteiger partial charge is 0.202 e. The Morgan fingerprint density at radius 2 is 2.38 bits per heavy atom. The van der Waals surface area contributed by atoms with E-state index in [-0.39, 0.29) is 0 Å². The first-order chi connectivity index (χ1) is 7.77. The monoisotopic (exact) mass is 241 g/mol. The van der Waals surface area contributed by atoms with Gasteiger partial charge in [-0.05, 0) is 19.1 Å². The molecule has 16 heavy (non-hydrogen) atoms. The molecule has 1 unspecified atom stereocenters. The highest BCUT2D eigenvalue weighted by atomic mass is 32.2. The van der Waals surface area contributed by atoms with Gasteiger partial charge in [-0.25, -0.2) is 4.98 Å². The Morgan fingerprint density at radius 3 is 3.06 bits per heavy atom. The van der Waals surface area contributed by atoms with Crippen LogP contribution in [0.5, 0.6) is 0 Å². The molecule has 0 fully saturated rings. The van der Waals surface area contributed by atoms with Gasteiger partial charge in [-0.2, -0.15) is 11.8 Å². The van der Waals surface area contributed by atoms with Crippen LogP contribution in [0.1, 0.15) is 33.1 Å². The normalized spacial score (nSPS) is 12.7. The Morgan fingerprint density at radius 1 is 1.56 bits per heavy atom. The molecule has 1 heterocycles. The van der Waals surface area contributed by atoms with Crippen LogP contribution in [0.2, 0.25) is 0 Å². The quantitative estimate of drug-likeness (QED) is 0.758. The number of nitrogens with one attached hydrogen (secondary N) is 1. The van der Waals surface area contributed by atoms with Crippen molar-refractivity contribution in [3.05, 3.63) is 12.4 Å². The van der Waals surface area contributed by atoms with Crippen LogP contribution in [0.15, 0.2) is 12.4 Å². The molecule has 1 atom stereocenters. The molecule has 0 saturated carbocycles. The van der Waals surface area contributed by atoms with Gasteiger partial charge in [0.2, 0.25) is 5.95 Å². The maximum Gasteiger partial charge on any atom is 0.202 e. The predicted molar refractivity (Wildman–Crippen MR) is 73.2 cm³/mol. The van der Waals surface area contributed by atoms with Crippen LogP contribution in [-0.2, 0) is 6.54 Å². The summed E-state index contributed by atoms with van der Waals surface area (Å²) in [5.41, 5.74) is 0. The van der Waals surface area contributed by atoms with Crippen LogP contribution in [-0.4, -0.2) is 27.6 Å². The largest absolute Gasteiger partial charge is 0.356 e. The molecule has 92 valence electrons. The van der Waals surface area contributed by atoms with E-state index in [1.54, 1.807) is 0 Å². The zero-order valence-electron chi connectivity index (χ0n) is 10.6. The van der Waals surface area contributed by atoms with Crippen molar-refractivity contribution in [1.82, 2.24) is 9.55 Å². The van der Waals surface area contributed by atoms with Crippen LogP contribution in [0.4, 0.5) is 5.95 Å². The lowest BCUT2D eigenvalue weighted by atomic mass is 10.3. The van der Waals surface area contributed by atoms with E-state index in [1.807, 2.05) is 18.0 Å². The summed E-state index contributed by atoms with van der Waals surface area (Å²) in [6, 6.07) is 0. The van der Waals surface area contributed by atoms with Crippen molar-refractivity contribution in [2.75, 3.05) is 18.1 Å². The number of thioether (sulfide) groups is 1. The van der Waals surface area contributed by atoms with Crippen LogP contribution < -0.4 is 5.32 Å². The Hall–Kier alpha value is -0.640. The molecule has 0 aliphatic carbocycles. The standard InChI is InChI=1S/C12H23N3S/c1-4-5-9-15-10-8-14-12(15)13-7-6-11(2)16-3/h8,10-11H,4-7,9H2,1-3H3,(H,13,14). The number of nitrogens with zero attached hydrogens (tertiary/aromatic N) is 2. The fourth-order valence-electron chi connectivity index (χ4n) is 1.49. The summed E-state index contributed by atoms with van der Waals surface area (Å²) in [7, 11) is 0. The Balaban J connectivity index is 2.32. The second-order valence-electron chi connectivity index (χ2n) is 4.06. The molecular weight excluding hydrogens is 218 g/mol. The van der Waals surface area contributed by atoms with Gasteiger partial charge in [-0.1, -0.05) is 20.3 Å². The zero-order valence-corrected chi connectivity index (χ0v) is 11.4. The van der Waals surface area contributed by atoms with E-state index in [2.05, 4.69) is 41.2 Å². The minimum atomic E-state index is 0.714. The molecule has 0 amide bonds. The van der Waals surface area contributed by atoms with Crippen LogP contribution >= 0.6 is 11.8 Å². The molecule has 0 aromatic carbocycles. The van der Waals surface area contributed by atoms with Crippen LogP contribution in [0, 0.1) is 0 Å². The second-order valence-corrected chi connectivity index (χ2v) is 5.34. The van der Waals surface area contributed by atoms with Crippen LogP contribution in [0.25, 0.3) is 0 Å². The Labute approximate surface area is 103 Å². The summed E-state index contributed by atoms with van der Waals surface area (Å²) >= 11 is 1.91. The predicted octanol–water partition coefficient (Wildman–Crippen LogP) is 3.24. The molecule has 0 spiro atoms. The van der Waals surface area contributed by atoms with E-state index in [4.69, 9.17) is 0 Å². The van der Waals surface area contributed by atoms with Crippen molar-refractivity contribution in [2.45, 2.75) is 44.9 Å². The van der Waals surface area contributed by atoms with E-state index in [0.29, 0.717) is 5.25 Å². The lowest BCUT2D eigenvalue weighted by Gasteiger charge is -2.11. The van der Waals surface area contributed by atoms with Crippen molar-refractivity contribution < 1.29 is 0 Å². The molecule has 0 bridgehead atoms. The third kappa shape index (κ3) is 4.47. The number of unbranched alkanes of at least 4 members (excludes halogenated alkanes) is 1. The van der Waals surface area contributed by atoms with E-state index < -0.39 is 0 Å². The Kier molecular flexibility index (Phi) is 6.38. The fourth-order valence-corrected chi connectivity index (χ4v) is 1.84. The molecule has 1 aromatic heterocycles. The van der Waals surface area contributed by atoms with Gasteiger partial charge in [0.25, 0.3) is 0 Å². The first-order valence-corrected chi connectivity index (χ1v) is 7.34. The molecule has 0 aliphatic heterocycles. The van der Waals surface area contributed by atoms with Crippen molar-refractivity contribution in [2.24, 2.45) is 0 Å². The summed E-state index contributed by atoms with van der Waals surface area (Å²) < 4.78 is 2.20. The molecule has 1 N–H and O–H groups in total. The number of rotatable bonds is 8. The summed E-state index contributed by atoms with van der Waals surface area (Å²) in [5, 5.41) is 4.12. The third-order valence-corrected chi connectivity index (χ3v) is 3.74. The lowest BCUT2D eigenvalue weighted by molar-refractivity contribution is 0.634. The highest BCUT2D eigenvalue weighted by molar-refractivity contribution is 7.99. The molecule has 0 aliphatic rings. The number of aromatic nitrogens is 2. The number of aryl methyl sites for hydroxylation is 1. The summed E-state index contributed by atoms with van der Waals surface area (Å²) in [5.74, 6) is 1.02. The number of imidazole rings is 1. The number of hydrogen-bond acceptors (Lipinski definition) is 3. The van der Waals surface area contributed by atoms with E-state index >= 15 is 0 Å². The lowest BCUT2D eigenvalue weighted by Crippen LogP contribution is -2.12. The minimum Gasteiger partial charge on any atom is -0.356 e. The molecule has 1 aromatic rings. The van der Waals surface area contributed by atoms with Gasteiger partial charge < -0.3 is 9.88 Å². The van der Waals surface area contributed by atoms with Gasteiger partial charge in [-0.15, -0.1) is 0 Å². The topological polar surface area (TPSA) is 29.9 Å². The van der Waals surface area contributed by atoms with Gasteiger partial charge in [-0.3, -0.25) is 0 Å². The summed E-state index contributed by atoms with van der Waals surface area (Å²) in [6.07, 6.45) is 9.70. The van der Waals surface area contributed by atoms with E-state index in [0.717, 1.165) is 19.0 Å². The zero-order chi connectivity index (χ0) is 11.8. The second kappa shape index (κ2) is 7.60. The molecule has 0 saturated heterocycles. The van der Waals surface area contributed by atoms with Crippen LogP contribution in [0.3, 0.4) is 0 Å². The average molecular weight is 241 g/mol. The molecule has 3 nitrogen and oxygen atoms in total. The average Bonchev–Trinajstić information content (AvgIpc) is 2.73. The third-order valence-electron chi connectivity index (χ3n) is 2.70. The van der Waals surface area contributed by atoms with Crippen molar-refractivity contribution >= 4 is 17.7 Å². The van der Waals surface area contributed by atoms with Crippen molar-refractivity contribution in [3.63, 3.8) is 0 Å². The summed E-state index contributed by atoms with van der Waals surface area (Å²) in [6.45, 7) is 6.54. The highest BCUT2D eigenvalue weighted by Crippen LogP contribution is 2.11. The number of hydrogen-bond donors (Lipinski definition) is 1. The molecule has 0 radical (unpaired) electrons. The Bertz CT molecular complexity index is 286. The maximum atomic E-state index is 4.34. The van der Waals surface area contributed by atoms with Crippen molar-refractivity contribution in [3.8, 4) is 0 Å². The van der Waals surface area contributed by atoms with Gasteiger partial charge in [0.15, 0.2) is 0 Å². The minimum absolute atomic E-state index is 0.714. The van der Waals surface area contributed by atoms with Gasteiger partial charge in [0.05, 0.1) is 0 Å². The first kappa shape index (κ1) is 13.4. The highest BCUT2D eigenvalue weighted by Gasteiger charge is 2.03. The molecule has 1 rings (SSSR count). The fraction of sp³-hybridized carbons (Fsp3) is 0.750. The first-order valence-electron chi connectivity index (χ1n) is 6.05. The van der Waals surface area contributed by atoms with Gasteiger partial charge >= 0.3 is 0 Å². The van der Waals surface area contributed by atoms with Crippen molar-refractivity contribution in [1.29, 1.82) is 0 Å². The van der Waals surface area contributed by atoms with E-state index in [9.17, 15) is 0 Å². The number of anilines is 1. The van der Waals surface area contributed by atoms with Gasteiger partial charge in [0, 0.05) is 30.7 Å². The molecular formula is C12H23N3S. The maximum absolute atomic E-state index is 4.34. The molecule has 4 heteroatoms. The SMILES string of the molecule is CCCCn1ccnc1NCCC(C)SC. The van der Waals surface area contributed by atoms with E-state index in [1.165, 1.54) is 19.3 Å².